The molecule has 6 heteroatoms. The Hall–Kier alpha value is -2.24. The van der Waals surface area contributed by atoms with Crippen LogP contribution in [0, 0.1) is 0 Å². The number of hydrogen-bond acceptors (Lipinski definition) is 4. The first kappa shape index (κ1) is 14.2. The Labute approximate surface area is 116 Å². The molecule has 0 spiro atoms. The molecule has 1 aliphatic rings. The van der Waals surface area contributed by atoms with Crippen LogP contribution in [0.4, 0.5) is 10.5 Å². The van der Waals surface area contributed by atoms with E-state index in [1.807, 2.05) is 0 Å². The van der Waals surface area contributed by atoms with Gasteiger partial charge >= 0.3 is 12.1 Å². The minimum Gasteiger partial charge on any atom is -0.507 e. The molecule has 0 atom stereocenters. The lowest BCUT2D eigenvalue weighted by Crippen LogP contribution is -2.24. The highest BCUT2D eigenvalue weighted by Gasteiger charge is 2.18. The molecule has 0 radical (unpaired) electrons. The number of carbonyl (C=O) groups excluding carboxylic acids is 1. The number of carboxylic acid groups (broad SMARTS) is 1. The summed E-state index contributed by atoms with van der Waals surface area (Å²) in [5.74, 6) is -1.60. The van der Waals surface area contributed by atoms with Crippen molar-refractivity contribution in [3.63, 3.8) is 0 Å². The number of nitrogens with one attached hydrogen (secondary N) is 1. The first-order valence-corrected chi connectivity index (χ1v) is 6.60. The third-order valence-corrected chi connectivity index (χ3v) is 3.30. The molecular weight excluding hydrogens is 262 g/mol. The van der Waals surface area contributed by atoms with Gasteiger partial charge in [-0.15, -0.1) is 0 Å². The topological polar surface area (TPSA) is 95.9 Å². The van der Waals surface area contributed by atoms with Crippen LogP contribution < -0.4 is 5.32 Å². The summed E-state index contributed by atoms with van der Waals surface area (Å²) >= 11 is 0. The van der Waals surface area contributed by atoms with Gasteiger partial charge in [0.1, 0.15) is 17.4 Å². The summed E-state index contributed by atoms with van der Waals surface area (Å²) in [5.41, 5.74) is 0.0153. The molecule has 20 heavy (non-hydrogen) atoms. The van der Waals surface area contributed by atoms with Crippen molar-refractivity contribution in [1.82, 2.24) is 0 Å². The number of anilines is 1. The fraction of sp³-hybridized carbons (Fsp3) is 0.429. The Morgan fingerprint density at radius 1 is 1.20 bits per heavy atom. The van der Waals surface area contributed by atoms with E-state index in [9.17, 15) is 14.7 Å². The lowest BCUT2D eigenvalue weighted by atomic mass is 9.98. The predicted molar refractivity (Wildman–Crippen MR) is 72.0 cm³/mol. The van der Waals surface area contributed by atoms with E-state index in [-0.39, 0.29) is 23.1 Å². The van der Waals surface area contributed by atoms with Crippen molar-refractivity contribution in [3.05, 3.63) is 23.8 Å². The van der Waals surface area contributed by atoms with Crippen LogP contribution >= 0.6 is 0 Å². The molecule has 0 bridgehead atoms. The average molecular weight is 279 g/mol. The van der Waals surface area contributed by atoms with Gasteiger partial charge in [-0.05, 0) is 43.9 Å². The van der Waals surface area contributed by atoms with Crippen molar-refractivity contribution < 1.29 is 24.5 Å². The van der Waals surface area contributed by atoms with Gasteiger partial charge in [0, 0.05) is 5.69 Å². The molecule has 0 aromatic heterocycles. The molecule has 1 aromatic carbocycles. The van der Waals surface area contributed by atoms with E-state index in [2.05, 4.69) is 5.32 Å². The van der Waals surface area contributed by atoms with Gasteiger partial charge in [-0.25, -0.2) is 9.59 Å². The van der Waals surface area contributed by atoms with Crippen molar-refractivity contribution in [2.75, 3.05) is 5.32 Å². The fourth-order valence-corrected chi connectivity index (χ4v) is 2.27. The monoisotopic (exact) mass is 279 g/mol. The molecular formula is C14H17NO5. The summed E-state index contributed by atoms with van der Waals surface area (Å²) in [6.07, 6.45) is 4.34. The largest absolute Gasteiger partial charge is 0.507 e. The molecule has 0 saturated heterocycles. The Balaban J connectivity index is 1.96. The molecule has 108 valence electrons. The molecule has 1 saturated carbocycles. The van der Waals surface area contributed by atoms with E-state index in [0.717, 1.165) is 25.7 Å². The van der Waals surface area contributed by atoms with Crippen LogP contribution in [0.3, 0.4) is 0 Å². The van der Waals surface area contributed by atoms with Gasteiger partial charge in [0.25, 0.3) is 0 Å². The van der Waals surface area contributed by atoms with Gasteiger partial charge in [0.2, 0.25) is 0 Å². The zero-order valence-electron chi connectivity index (χ0n) is 11.0. The van der Waals surface area contributed by atoms with Crippen molar-refractivity contribution in [1.29, 1.82) is 0 Å². The van der Waals surface area contributed by atoms with Crippen LogP contribution in [-0.2, 0) is 4.74 Å². The summed E-state index contributed by atoms with van der Waals surface area (Å²) in [5, 5.41) is 20.7. The standard InChI is InChI=1S/C14H17NO5/c16-12-7-6-9(8-11(12)13(17)18)15-14(19)20-10-4-2-1-3-5-10/h6-8,10,16H,1-5H2,(H,15,19)(H,17,18). The second-order valence-electron chi connectivity index (χ2n) is 4.83. The van der Waals surface area contributed by atoms with Crippen molar-refractivity contribution >= 4 is 17.7 Å². The second-order valence-corrected chi connectivity index (χ2v) is 4.83. The maximum absolute atomic E-state index is 11.7. The minimum absolute atomic E-state index is 0.0696. The van der Waals surface area contributed by atoms with Gasteiger partial charge in [-0.2, -0.15) is 0 Å². The quantitative estimate of drug-likeness (QED) is 0.739. The smallest absolute Gasteiger partial charge is 0.411 e. The Morgan fingerprint density at radius 3 is 2.55 bits per heavy atom. The van der Waals surface area contributed by atoms with Crippen LogP contribution in [0.15, 0.2) is 18.2 Å². The zero-order chi connectivity index (χ0) is 14.5. The lowest BCUT2D eigenvalue weighted by Gasteiger charge is -2.21. The minimum atomic E-state index is -1.26. The first-order valence-electron chi connectivity index (χ1n) is 6.60. The zero-order valence-corrected chi connectivity index (χ0v) is 11.0. The van der Waals surface area contributed by atoms with Gasteiger partial charge < -0.3 is 14.9 Å². The van der Waals surface area contributed by atoms with Gasteiger partial charge in [0.05, 0.1) is 0 Å². The number of carbonyl (C=O) groups is 2. The third kappa shape index (κ3) is 3.63. The van der Waals surface area contributed by atoms with Crippen LogP contribution in [0.2, 0.25) is 0 Å². The molecule has 6 nitrogen and oxygen atoms in total. The number of amides is 1. The summed E-state index contributed by atoms with van der Waals surface area (Å²) < 4.78 is 5.27. The Bertz CT molecular complexity index is 508. The van der Waals surface area contributed by atoms with Crippen LogP contribution in [0.1, 0.15) is 42.5 Å². The summed E-state index contributed by atoms with van der Waals surface area (Å²) in [6.45, 7) is 0. The molecule has 0 heterocycles. The van der Waals surface area contributed by atoms with Crippen molar-refractivity contribution in [2.24, 2.45) is 0 Å². The van der Waals surface area contributed by atoms with Gasteiger partial charge in [-0.3, -0.25) is 5.32 Å². The number of aromatic carboxylic acids is 1. The van der Waals surface area contributed by atoms with Gasteiger partial charge in [-0.1, -0.05) is 6.42 Å². The normalized spacial score (nSPS) is 15.6. The average Bonchev–Trinajstić information content (AvgIpc) is 2.41. The molecule has 1 aromatic rings. The summed E-state index contributed by atoms with van der Waals surface area (Å²) in [6, 6.07) is 3.84. The second kappa shape index (κ2) is 6.27. The van der Waals surface area contributed by atoms with E-state index in [0.29, 0.717) is 0 Å². The molecule has 1 amide bonds. The fourth-order valence-electron chi connectivity index (χ4n) is 2.27. The first-order chi connectivity index (χ1) is 9.56. The molecule has 3 N–H and O–H groups in total. The van der Waals surface area contributed by atoms with Crippen LogP contribution in [-0.4, -0.2) is 28.4 Å². The van der Waals surface area contributed by atoms with E-state index in [4.69, 9.17) is 9.84 Å². The number of benzene rings is 1. The highest BCUT2D eigenvalue weighted by Crippen LogP contribution is 2.23. The predicted octanol–water partition coefficient (Wildman–Crippen LogP) is 2.97. The highest BCUT2D eigenvalue weighted by atomic mass is 16.6. The number of aromatic hydroxyl groups is 1. The summed E-state index contributed by atoms with van der Waals surface area (Å²) in [7, 11) is 0. The molecule has 1 aliphatic carbocycles. The maximum Gasteiger partial charge on any atom is 0.411 e. The number of rotatable bonds is 3. The third-order valence-electron chi connectivity index (χ3n) is 3.30. The number of hydrogen-bond donors (Lipinski definition) is 3. The van der Waals surface area contributed by atoms with Crippen LogP contribution in [0.5, 0.6) is 5.75 Å². The highest BCUT2D eigenvalue weighted by molar-refractivity contribution is 5.93. The van der Waals surface area contributed by atoms with E-state index < -0.39 is 12.1 Å². The van der Waals surface area contributed by atoms with Gasteiger partial charge in [0.15, 0.2) is 0 Å². The number of ether oxygens (including phenoxy) is 1. The van der Waals surface area contributed by atoms with Crippen molar-refractivity contribution in [3.8, 4) is 5.75 Å². The number of carboxylic acids is 1. The Morgan fingerprint density at radius 2 is 1.90 bits per heavy atom. The van der Waals surface area contributed by atoms with E-state index in [1.54, 1.807) is 0 Å². The van der Waals surface area contributed by atoms with Crippen LogP contribution in [0.25, 0.3) is 0 Å². The van der Waals surface area contributed by atoms with E-state index >= 15 is 0 Å². The lowest BCUT2D eigenvalue weighted by molar-refractivity contribution is 0.0693. The maximum atomic E-state index is 11.7. The van der Waals surface area contributed by atoms with E-state index in [1.165, 1.54) is 24.6 Å². The Kier molecular flexibility index (Phi) is 4.45. The molecule has 0 unspecified atom stereocenters. The SMILES string of the molecule is O=C(Nc1ccc(O)c(C(=O)O)c1)OC1CCCCC1. The molecule has 2 rings (SSSR count). The number of phenols is 1. The van der Waals surface area contributed by atoms with Crippen molar-refractivity contribution in [2.45, 2.75) is 38.2 Å². The summed E-state index contributed by atoms with van der Waals surface area (Å²) in [4.78, 5) is 22.6. The molecule has 0 aliphatic heterocycles. The molecule has 1 fully saturated rings.